The van der Waals surface area contributed by atoms with Gasteiger partial charge >= 0.3 is 0 Å². The summed E-state index contributed by atoms with van der Waals surface area (Å²) in [6.45, 7) is 1.54. The average Bonchev–Trinajstić information content (AvgIpc) is 2.55. The number of allylic oxidation sites excluding steroid dienone is 2. The number of pyridine rings is 2. The second-order valence-corrected chi connectivity index (χ2v) is 4.62. The van der Waals surface area contributed by atoms with Gasteiger partial charge in [-0.05, 0) is 12.2 Å². The largest absolute Gasteiger partial charge is 1.00 e. The van der Waals surface area contributed by atoms with Crippen molar-refractivity contribution in [2.24, 2.45) is 10.3 Å². The number of hydrogen-bond acceptors (Lipinski definition) is 4. The molecule has 0 bridgehead atoms. The van der Waals surface area contributed by atoms with Crippen LogP contribution in [-0.4, -0.2) is 22.8 Å². The van der Waals surface area contributed by atoms with E-state index < -0.39 is 0 Å². The second kappa shape index (κ2) is 12.4. The van der Waals surface area contributed by atoms with Crippen LogP contribution in [0.1, 0.15) is 11.1 Å². The van der Waals surface area contributed by atoms with Crippen molar-refractivity contribution in [3.05, 3.63) is 72.3 Å². The Balaban J connectivity index is 0.00000264. The summed E-state index contributed by atoms with van der Waals surface area (Å²) in [6.07, 6.45) is 14.7. The van der Waals surface area contributed by atoms with Crippen molar-refractivity contribution < 1.29 is 53.5 Å². The van der Waals surface area contributed by atoms with Gasteiger partial charge in [0, 0.05) is 35.4 Å². The summed E-state index contributed by atoms with van der Waals surface area (Å²) >= 11 is 0. The quantitative estimate of drug-likeness (QED) is 0.150. The molecular weight excluding hydrogens is 440 g/mol. The van der Waals surface area contributed by atoms with Crippen LogP contribution in [0.25, 0.3) is 0 Å². The van der Waals surface area contributed by atoms with Crippen molar-refractivity contribution in [1.29, 1.82) is 0 Å². The minimum atomic E-state index is 0. The van der Waals surface area contributed by atoms with E-state index in [1.54, 1.807) is 0 Å². The van der Waals surface area contributed by atoms with E-state index in [9.17, 15) is 0 Å². The van der Waals surface area contributed by atoms with E-state index in [0.717, 1.165) is 24.2 Å². The van der Waals surface area contributed by atoms with Gasteiger partial charge < -0.3 is 44.4 Å². The van der Waals surface area contributed by atoms with Crippen LogP contribution in [0.2, 0.25) is 0 Å². The van der Waals surface area contributed by atoms with E-state index in [-0.39, 0.29) is 34.0 Å². The molecule has 0 amide bonds. The highest BCUT2D eigenvalue weighted by Gasteiger charge is 1.99. The SMILES string of the molecule is O/N=C/c1cc[n+](C/C=C\C[n+]2ccc(/C=N/O)cc2)cc1.[Br-].[Br-]. The molecule has 24 heavy (non-hydrogen) atoms. The Bertz CT molecular complexity index is 612. The van der Waals surface area contributed by atoms with Crippen molar-refractivity contribution in [2.75, 3.05) is 0 Å². The lowest BCUT2D eigenvalue weighted by atomic mass is 10.3. The molecule has 2 rings (SSSR count). The highest BCUT2D eigenvalue weighted by atomic mass is 79.9. The van der Waals surface area contributed by atoms with Gasteiger partial charge in [-0.2, -0.15) is 0 Å². The minimum Gasteiger partial charge on any atom is -1.00 e. The number of halogens is 2. The van der Waals surface area contributed by atoms with Crippen molar-refractivity contribution >= 4 is 12.4 Å². The van der Waals surface area contributed by atoms with E-state index in [1.807, 2.05) is 58.2 Å². The van der Waals surface area contributed by atoms with Gasteiger partial charge in [0.15, 0.2) is 37.9 Å². The molecular formula is C16H18Br2N4O2. The third kappa shape index (κ3) is 7.47. The second-order valence-electron chi connectivity index (χ2n) is 4.62. The minimum absolute atomic E-state index is 0. The Morgan fingerprint density at radius 2 is 1.04 bits per heavy atom. The van der Waals surface area contributed by atoms with Crippen LogP contribution in [0.3, 0.4) is 0 Å². The number of hydrogen-bond donors (Lipinski definition) is 2. The highest BCUT2D eigenvalue weighted by Crippen LogP contribution is 1.91. The molecule has 0 aliphatic heterocycles. The van der Waals surface area contributed by atoms with E-state index in [2.05, 4.69) is 22.5 Å². The van der Waals surface area contributed by atoms with Gasteiger partial charge in [0.2, 0.25) is 0 Å². The first kappa shape index (κ1) is 21.9. The summed E-state index contributed by atoms with van der Waals surface area (Å²) in [7, 11) is 0. The number of aromatic nitrogens is 2. The van der Waals surface area contributed by atoms with Crippen LogP contribution in [0.15, 0.2) is 71.5 Å². The molecule has 2 aromatic rings. The molecule has 2 heterocycles. The van der Waals surface area contributed by atoms with Crippen LogP contribution >= 0.6 is 0 Å². The number of nitrogens with zero attached hydrogens (tertiary/aromatic N) is 4. The van der Waals surface area contributed by atoms with E-state index in [4.69, 9.17) is 10.4 Å². The predicted octanol–water partition coefficient (Wildman–Crippen LogP) is -4.86. The summed E-state index contributed by atoms with van der Waals surface area (Å²) in [5.41, 5.74) is 1.70. The lowest BCUT2D eigenvalue weighted by Crippen LogP contribution is -3.00. The molecule has 0 aliphatic rings. The molecule has 0 saturated heterocycles. The third-order valence-electron chi connectivity index (χ3n) is 3.05. The summed E-state index contributed by atoms with van der Waals surface area (Å²) in [5, 5.41) is 22.9. The van der Waals surface area contributed by atoms with Gasteiger partial charge in [-0.3, -0.25) is 0 Å². The number of oxime groups is 2. The Morgan fingerprint density at radius 3 is 1.33 bits per heavy atom. The Kier molecular flexibility index (Phi) is 11.3. The lowest BCUT2D eigenvalue weighted by molar-refractivity contribution is -0.691. The van der Waals surface area contributed by atoms with E-state index in [1.165, 1.54) is 12.4 Å². The predicted molar refractivity (Wildman–Crippen MR) is 81.2 cm³/mol. The van der Waals surface area contributed by atoms with Crippen LogP contribution in [0, 0.1) is 0 Å². The summed E-state index contributed by atoms with van der Waals surface area (Å²) in [4.78, 5) is 0. The first-order valence-corrected chi connectivity index (χ1v) is 6.80. The molecule has 8 heteroatoms. The van der Waals surface area contributed by atoms with Crippen molar-refractivity contribution in [1.82, 2.24) is 0 Å². The topological polar surface area (TPSA) is 72.9 Å². The fraction of sp³-hybridized carbons (Fsp3) is 0.125. The molecule has 0 spiro atoms. The van der Waals surface area contributed by atoms with Gasteiger partial charge in [0.1, 0.15) is 0 Å². The smallest absolute Gasteiger partial charge is 0.169 e. The zero-order valence-corrected chi connectivity index (χ0v) is 16.0. The normalized spacial score (nSPS) is 10.8. The van der Waals surface area contributed by atoms with E-state index >= 15 is 0 Å². The first-order valence-electron chi connectivity index (χ1n) is 6.80. The maximum atomic E-state index is 8.45. The number of rotatable bonds is 6. The van der Waals surface area contributed by atoms with Crippen molar-refractivity contribution in [3.8, 4) is 0 Å². The van der Waals surface area contributed by atoms with Crippen molar-refractivity contribution in [3.63, 3.8) is 0 Å². The standard InChI is InChI=1S/C16H16N4O2.2BrH/c21-17-13-15-3-9-19(10-4-15)7-1-2-8-20-11-5-16(6-12-20)14-18-22;;/h1-6,9-14H,7-8H2;2*1H/b2-1-;;. The van der Waals surface area contributed by atoms with Crippen LogP contribution in [0.4, 0.5) is 0 Å². The van der Waals surface area contributed by atoms with Gasteiger partial charge in [-0.15, -0.1) is 0 Å². The third-order valence-corrected chi connectivity index (χ3v) is 3.05. The summed E-state index contributed by atoms with van der Waals surface area (Å²) in [6, 6.07) is 7.51. The van der Waals surface area contributed by atoms with Crippen molar-refractivity contribution in [2.45, 2.75) is 13.1 Å². The molecule has 2 N–H and O–H groups in total. The molecule has 0 unspecified atom stereocenters. The van der Waals surface area contributed by atoms with Crippen LogP contribution in [-0.2, 0) is 13.1 Å². The fourth-order valence-corrected chi connectivity index (χ4v) is 1.88. The fourth-order valence-electron chi connectivity index (χ4n) is 1.88. The molecule has 0 fully saturated rings. The molecule has 2 aromatic heterocycles. The molecule has 128 valence electrons. The molecule has 0 aliphatic carbocycles. The van der Waals surface area contributed by atoms with Gasteiger partial charge in [-0.1, -0.05) is 10.3 Å². The first-order chi connectivity index (χ1) is 10.8. The lowest BCUT2D eigenvalue weighted by Gasteiger charge is -1.94. The van der Waals surface area contributed by atoms with Gasteiger partial charge in [-0.25, -0.2) is 9.13 Å². The molecule has 0 radical (unpaired) electrons. The summed E-state index contributed by atoms with van der Waals surface area (Å²) in [5.74, 6) is 0. The average molecular weight is 458 g/mol. The molecule has 6 nitrogen and oxygen atoms in total. The zero-order chi connectivity index (χ0) is 15.6. The summed E-state index contributed by atoms with van der Waals surface area (Å²) < 4.78 is 4.05. The maximum absolute atomic E-state index is 8.45. The maximum Gasteiger partial charge on any atom is 0.169 e. The van der Waals surface area contributed by atoms with Crippen LogP contribution in [0.5, 0.6) is 0 Å². The molecule has 0 aromatic carbocycles. The highest BCUT2D eigenvalue weighted by molar-refractivity contribution is 5.78. The van der Waals surface area contributed by atoms with Gasteiger partial charge in [0.25, 0.3) is 0 Å². The van der Waals surface area contributed by atoms with E-state index in [0.29, 0.717) is 0 Å². The Hall–Kier alpha value is -2.06. The zero-order valence-electron chi connectivity index (χ0n) is 12.8. The van der Waals surface area contributed by atoms with Gasteiger partial charge in [0.05, 0.1) is 12.4 Å². The molecule has 0 atom stereocenters. The molecule has 0 saturated carbocycles. The Labute approximate surface area is 161 Å². The monoisotopic (exact) mass is 456 g/mol. The van der Waals surface area contributed by atoms with Crippen LogP contribution < -0.4 is 43.1 Å². The Morgan fingerprint density at radius 1 is 0.708 bits per heavy atom.